The largest absolute Gasteiger partial charge is 0.435 e. The molecule has 0 fully saturated rings. The van der Waals surface area contributed by atoms with Crippen molar-refractivity contribution >= 4 is 40.4 Å². The van der Waals surface area contributed by atoms with Gasteiger partial charge in [0.1, 0.15) is 17.3 Å². The minimum Gasteiger partial charge on any atom is -0.435 e. The number of anilines is 2. The number of carbonyl (C=O) groups excluding carboxylic acids is 1. The number of rotatable bonds is 8. The lowest BCUT2D eigenvalue weighted by atomic mass is 10.1. The number of thiazole rings is 1. The topological polar surface area (TPSA) is 78.2 Å². The zero-order chi connectivity index (χ0) is 24.4. The summed E-state index contributed by atoms with van der Waals surface area (Å²) < 4.78 is 46.2. The Morgan fingerprint density at radius 1 is 1.30 bits per heavy atom. The summed E-state index contributed by atoms with van der Waals surface area (Å²) in [5.74, 6) is -0.995. The van der Waals surface area contributed by atoms with Crippen LogP contribution in [-0.4, -0.2) is 31.2 Å². The predicted molar refractivity (Wildman–Crippen MR) is 125 cm³/mol. The molecule has 3 rings (SSSR count). The average molecular weight is 495 g/mol. The number of hydrogen-bond donors (Lipinski definition) is 1. The van der Waals surface area contributed by atoms with Gasteiger partial charge in [-0.15, -0.1) is 11.3 Å². The Bertz CT molecular complexity index is 1100. The summed E-state index contributed by atoms with van der Waals surface area (Å²) in [6, 6.07) is 12.1. The predicted octanol–water partition coefficient (Wildman–Crippen LogP) is 5.70. The number of aldehydes is 1. The Labute approximate surface area is 198 Å². The molecular formula is C22H21F3N4O2S2. The molecule has 6 nitrogen and oxygen atoms in total. The van der Waals surface area contributed by atoms with Crippen molar-refractivity contribution in [2.24, 2.45) is 0 Å². The fraction of sp³-hybridized carbons (Fsp3) is 0.227. The summed E-state index contributed by atoms with van der Waals surface area (Å²) in [7, 11) is 1.89. The molecular weight excluding hydrogens is 473 g/mol. The van der Waals surface area contributed by atoms with E-state index >= 15 is 0 Å². The number of hydrogen-bond acceptors (Lipinski definition) is 8. The van der Waals surface area contributed by atoms with Crippen molar-refractivity contribution in [3.8, 4) is 11.8 Å². The monoisotopic (exact) mass is 494 g/mol. The lowest BCUT2D eigenvalue weighted by molar-refractivity contribution is -0.0500. The van der Waals surface area contributed by atoms with Gasteiger partial charge in [-0.05, 0) is 50.6 Å². The highest BCUT2D eigenvalue weighted by Gasteiger charge is 2.19. The van der Waals surface area contributed by atoms with E-state index in [1.807, 2.05) is 19.4 Å². The van der Waals surface area contributed by atoms with Gasteiger partial charge < -0.3 is 9.64 Å². The second kappa shape index (κ2) is 12.8. The summed E-state index contributed by atoms with van der Waals surface area (Å²) >= 11 is 2.87. The molecule has 0 atom stereocenters. The molecule has 3 aromatic rings. The van der Waals surface area contributed by atoms with E-state index in [0.717, 1.165) is 6.07 Å². The zero-order valence-electron chi connectivity index (χ0n) is 18.0. The molecule has 2 aromatic carbocycles. The zero-order valence-corrected chi connectivity index (χ0v) is 19.6. The van der Waals surface area contributed by atoms with Crippen molar-refractivity contribution < 1.29 is 22.7 Å². The molecule has 0 unspecified atom stereocenters. The number of aryl methyl sites for hydroxylation is 1. The van der Waals surface area contributed by atoms with Crippen molar-refractivity contribution in [3.63, 3.8) is 0 Å². The van der Waals surface area contributed by atoms with Crippen LogP contribution in [0, 0.1) is 24.1 Å². The molecule has 0 aliphatic rings. The van der Waals surface area contributed by atoms with Gasteiger partial charge in [0.15, 0.2) is 11.4 Å². The Morgan fingerprint density at radius 3 is 2.45 bits per heavy atom. The maximum absolute atomic E-state index is 14.5. The third kappa shape index (κ3) is 7.49. The highest BCUT2D eigenvalue weighted by atomic mass is 32.2. The first-order valence-electron chi connectivity index (χ1n) is 9.46. The van der Waals surface area contributed by atoms with Crippen LogP contribution < -0.4 is 14.4 Å². The SMILES string of the molecule is CNSC.Cc1sc(N(Cc2ccc(OC(F)F)cc2F)c2ccc(C#N)cc2)nc1C=O. The van der Waals surface area contributed by atoms with Crippen LogP contribution in [0.15, 0.2) is 42.5 Å². The molecule has 0 saturated carbocycles. The van der Waals surface area contributed by atoms with Crippen molar-refractivity contribution in [1.82, 2.24) is 9.71 Å². The van der Waals surface area contributed by atoms with Gasteiger partial charge >= 0.3 is 6.61 Å². The maximum atomic E-state index is 14.5. The first kappa shape index (κ1) is 26.2. The number of benzene rings is 2. The van der Waals surface area contributed by atoms with Gasteiger partial charge in [-0.3, -0.25) is 9.52 Å². The average Bonchev–Trinajstić information content (AvgIpc) is 3.18. The second-order valence-electron chi connectivity index (χ2n) is 6.34. The summed E-state index contributed by atoms with van der Waals surface area (Å²) in [4.78, 5) is 17.9. The molecule has 0 saturated heterocycles. The highest BCUT2D eigenvalue weighted by Crippen LogP contribution is 2.33. The Kier molecular flexibility index (Phi) is 10.2. The second-order valence-corrected chi connectivity index (χ2v) is 8.34. The standard InChI is InChI=1S/C20H14F3N3O2S.C2H7NS/c1-12-18(11-27)25-20(29-12)26(15-5-2-13(9-24)3-6-15)10-14-4-7-16(8-17(14)21)28-19(22)23;1-3-4-2/h2-8,11,19H,10H2,1H3;3H,1-2H3. The van der Waals surface area contributed by atoms with Crippen molar-refractivity contribution in [2.45, 2.75) is 20.1 Å². The summed E-state index contributed by atoms with van der Waals surface area (Å²) in [6.07, 6.45) is 2.63. The van der Waals surface area contributed by atoms with Gasteiger partial charge in [0.05, 0.1) is 18.2 Å². The summed E-state index contributed by atoms with van der Waals surface area (Å²) in [5, 5.41) is 9.45. The van der Waals surface area contributed by atoms with Crippen molar-refractivity contribution in [1.29, 1.82) is 5.26 Å². The number of nitriles is 1. The van der Waals surface area contributed by atoms with Crippen LogP contribution in [0.1, 0.15) is 26.5 Å². The molecule has 0 radical (unpaired) electrons. The molecule has 0 aliphatic carbocycles. The van der Waals surface area contributed by atoms with Crippen LogP contribution in [0.5, 0.6) is 5.75 Å². The molecule has 0 amide bonds. The van der Waals surface area contributed by atoms with Crippen LogP contribution in [0.3, 0.4) is 0 Å². The Morgan fingerprint density at radius 2 is 1.97 bits per heavy atom. The van der Waals surface area contributed by atoms with E-state index in [0.29, 0.717) is 27.5 Å². The minimum atomic E-state index is -3.05. The molecule has 0 aliphatic heterocycles. The van der Waals surface area contributed by atoms with E-state index in [2.05, 4.69) is 14.4 Å². The smallest absolute Gasteiger partial charge is 0.387 e. The molecule has 1 aromatic heterocycles. The Hall–Kier alpha value is -3.07. The van der Waals surface area contributed by atoms with Crippen LogP contribution in [0.25, 0.3) is 0 Å². The van der Waals surface area contributed by atoms with Gasteiger partial charge in [0.25, 0.3) is 0 Å². The van der Waals surface area contributed by atoms with E-state index in [1.54, 1.807) is 48.0 Å². The van der Waals surface area contributed by atoms with Gasteiger partial charge in [0.2, 0.25) is 0 Å². The molecule has 174 valence electrons. The van der Waals surface area contributed by atoms with Crippen molar-refractivity contribution in [3.05, 3.63) is 70.0 Å². The van der Waals surface area contributed by atoms with Crippen LogP contribution in [-0.2, 0) is 6.54 Å². The van der Waals surface area contributed by atoms with E-state index in [4.69, 9.17) is 5.26 Å². The maximum Gasteiger partial charge on any atom is 0.387 e. The number of nitrogens with zero attached hydrogens (tertiary/aromatic N) is 3. The molecule has 0 spiro atoms. The first-order valence-corrected chi connectivity index (χ1v) is 11.5. The number of nitrogens with one attached hydrogen (secondary N) is 1. The van der Waals surface area contributed by atoms with E-state index in [1.165, 1.54) is 23.5 Å². The van der Waals surface area contributed by atoms with Gasteiger partial charge in [-0.1, -0.05) is 18.0 Å². The molecule has 11 heteroatoms. The Balaban J connectivity index is 0.000000890. The fourth-order valence-electron chi connectivity index (χ4n) is 2.61. The number of halogens is 3. The van der Waals surface area contributed by atoms with Crippen LogP contribution >= 0.6 is 23.3 Å². The van der Waals surface area contributed by atoms with Gasteiger partial charge in [0, 0.05) is 22.2 Å². The van der Waals surface area contributed by atoms with E-state index < -0.39 is 12.4 Å². The molecule has 0 bridgehead atoms. The highest BCUT2D eigenvalue weighted by molar-refractivity contribution is 7.96. The summed E-state index contributed by atoms with van der Waals surface area (Å²) in [5.41, 5.74) is 1.58. The summed E-state index contributed by atoms with van der Waals surface area (Å²) in [6.45, 7) is -1.27. The lowest BCUT2D eigenvalue weighted by Crippen LogP contribution is -2.17. The van der Waals surface area contributed by atoms with E-state index in [9.17, 15) is 18.0 Å². The lowest BCUT2D eigenvalue weighted by Gasteiger charge is -2.22. The van der Waals surface area contributed by atoms with Crippen molar-refractivity contribution in [2.75, 3.05) is 18.2 Å². The quantitative estimate of drug-likeness (QED) is 0.318. The fourth-order valence-corrected chi connectivity index (χ4v) is 3.50. The number of alkyl halides is 2. The number of ether oxygens (including phenoxy) is 1. The molecule has 33 heavy (non-hydrogen) atoms. The normalized spacial score (nSPS) is 10.2. The van der Waals surface area contributed by atoms with Crippen LogP contribution in [0.2, 0.25) is 0 Å². The third-order valence-electron chi connectivity index (χ3n) is 4.25. The molecule has 1 heterocycles. The molecule has 1 N–H and O–H groups in total. The number of carbonyl (C=O) groups is 1. The van der Waals surface area contributed by atoms with Gasteiger partial charge in [-0.25, -0.2) is 9.37 Å². The third-order valence-corrected chi connectivity index (χ3v) is 5.67. The van der Waals surface area contributed by atoms with E-state index in [-0.39, 0.29) is 23.6 Å². The number of aromatic nitrogens is 1. The first-order chi connectivity index (χ1) is 15.8. The minimum absolute atomic E-state index is 0.0257. The van der Waals surface area contributed by atoms with Gasteiger partial charge in [-0.2, -0.15) is 14.0 Å². The van der Waals surface area contributed by atoms with Crippen LogP contribution in [0.4, 0.5) is 24.0 Å².